The molecule has 0 bridgehead atoms. The van der Waals surface area contributed by atoms with Crippen molar-refractivity contribution in [2.75, 3.05) is 13.1 Å². The first-order valence-electron chi connectivity index (χ1n) is 12.0. The number of piperidine rings is 1. The van der Waals surface area contributed by atoms with Crippen LogP contribution in [0.2, 0.25) is 0 Å². The van der Waals surface area contributed by atoms with Crippen LogP contribution in [-0.2, 0) is 11.2 Å². The van der Waals surface area contributed by atoms with Crippen LogP contribution in [0.5, 0.6) is 0 Å². The second-order valence-corrected chi connectivity index (χ2v) is 9.62. The summed E-state index contributed by atoms with van der Waals surface area (Å²) in [6.45, 7) is 3.45. The van der Waals surface area contributed by atoms with Gasteiger partial charge in [-0.25, -0.2) is 0 Å². The van der Waals surface area contributed by atoms with Gasteiger partial charge in [0.2, 0.25) is 5.91 Å². The standard InChI is InChI=1S/C25H33N5O3/c1-15(28-24(31)22-13-23(33-29-22)17-6-7-17)16-8-10-30(11-9-16)25(32)20(26)12-18-14-27-21-5-3-2-4-19(18)21/h2-5,13-17,20,24,27-28,31H,6-12,26H2,1H3/t15?,20-,24?/m1/s1. The smallest absolute Gasteiger partial charge is 0.239 e. The Balaban J connectivity index is 1.11. The number of aliphatic hydroxyl groups is 1. The van der Waals surface area contributed by atoms with Crippen LogP contribution in [0.25, 0.3) is 10.9 Å². The number of nitrogens with two attached hydrogens (primary N) is 1. The molecule has 5 N–H and O–H groups in total. The minimum atomic E-state index is -0.847. The minimum absolute atomic E-state index is 0.00887. The largest absolute Gasteiger partial charge is 0.373 e. The van der Waals surface area contributed by atoms with E-state index >= 15 is 0 Å². The Morgan fingerprint density at radius 3 is 2.82 bits per heavy atom. The van der Waals surface area contributed by atoms with E-state index in [1.54, 1.807) is 0 Å². The van der Waals surface area contributed by atoms with E-state index in [1.165, 1.54) is 0 Å². The van der Waals surface area contributed by atoms with Crippen molar-refractivity contribution in [1.29, 1.82) is 0 Å². The molecule has 2 fully saturated rings. The molecule has 2 unspecified atom stereocenters. The molecule has 5 rings (SSSR count). The molecule has 1 aromatic carbocycles. The normalized spacial score (nSPS) is 20.2. The zero-order chi connectivity index (χ0) is 22.9. The topological polar surface area (TPSA) is 120 Å². The summed E-state index contributed by atoms with van der Waals surface area (Å²) in [6, 6.07) is 9.47. The highest BCUT2D eigenvalue weighted by Gasteiger charge is 2.32. The number of nitrogens with zero attached hydrogens (tertiary/aromatic N) is 2. The fourth-order valence-corrected chi connectivity index (χ4v) is 4.94. The lowest BCUT2D eigenvalue weighted by Gasteiger charge is -2.36. The van der Waals surface area contributed by atoms with Crippen LogP contribution >= 0.6 is 0 Å². The maximum atomic E-state index is 13.0. The van der Waals surface area contributed by atoms with Gasteiger partial charge < -0.3 is 25.2 Å². The average molecular weight is 452 g/mol. The summed E-state index contributed by atoms with van der Waals surface area (Å²) in [5, 5.41) is 18.9. The second-order valence-electron chi connectivity index (χ2n) is 9.62. The molecule has 3 aromatic rings. The number of carbonyl (C=O) groups is 1. The number of hydrogen-bond donors (Lipinski definition) is 4. The van der Waals surface area contributed by atoms with Crippen LogP contribution in [0.1, 0.15) is 61.8 Å². The lowest BCUT2D eigenvalue weighted by molar-refractivity contribution is -0.134. The maximum absolute atomic E-state index is 13.0. The molecule has 3 atom stereocenters. The third-order valence-corrected chi connectivity index (χ3v) is 7.22. The number of aromatic nitrogens is 2. The van der Waals surface area contributed by atoms with Crippen molar-refractivity contribution < 1.29 is 14.4 Å². The number of aliphatic hydroxyl groups excluding tert-OH is 1. The number of para-hydroxylation sites is 1. The summed E-state index contributed by atoms with van der Waals surface area (Å²) in [7, 11) is 0. The molecule has 2 aromatic heterocycles. The molecule has 2 aliphatic rings. The van der Waals surface area contributed by atoms with Crippen molar-refractivity contribution in [3.05, 3.63) is 53.5 Å². The van der Waals surface area contributed by atoms with Crippen LogP contribution in [-0.4, -0.2) is 51.2 Å². The van der Waals surface area contributed by atoms with E-state index in [1.807, 2.05) is 35.4 Å². The van der Waals surface area contributed by atoms with Gasteiger partial charge in [0, 0.05) is 48.2 Å². The van der Waals surface area contributed by atoms with Gasteiger partial charge in [-0.2, -0.15) is 0 Å². The predicted molar refractivity (Wildman–Crippen MR) is 125 cm³/mol. The van der Waals surface area contributed by atoms with E-state index in [4.69, 9.17) is 10.3 Å². The molecule has 3 heterocycles. The number of rotatable bonds is 8. The van der Waals surface area contributed by atoms with Gasteiger partial charge in [-0.3, -0.25) is 10.1 Å². The fourth-order valence-electron chi connectivity index (χ4n) is 4.94. The highest BCUT2D eigenvalue weighted by atomic mass is 16.5. The number of H-pyrrole nitrogens is 1. The molecular formula is C25H33N5O3. The summed E-state index contributed by atoms with van der Waals surface area (Å²) in [4.78, 5) is 18.1. The van der Waals surface area contributed by atoms with Crippen molar-refractivity contribution in [3.8, 4) is 0 Å². The molecule has 8 heteroatoms. The van der Waals surface area contributed by atoms with Crippen molar-refractivity contribution in [1.82, 2.24) is 20.4 Å². The molecule has 1 aliphatic carbocycles. The first-order valence-corrected chi connectivity index (χ1v) is 12.0. The third kappa shape index (κ3) is 4.83. The summed E-state index contributed by atoms with van der Waals surface area (Å²) < 4.78 is 5.35. The first kappa shape index (κ1) is 22.1. The van der Waals surface area contributed by atoms with E-state index < -0.39 is 12.3 Å². The minimum Gasteiger partial charge on any atom is -0.373 e. The number of amides is 1. The van der Waals surface area contributed by atoms with E-state index in [9.17, 15) is 9.90 Å². The fraction of sp³-hybridized carbons (Fsp3) is 0.520. The molecule has 1 aliphatic heterocycles. The zero-order valence-corrected chi connectivity index (χ0v) is 19.0. The SMILES string of the molecule is CC(NC(O)c1cc(C2CC2)on1)C1CCN(C(=O)[C@H](N)Cc2c[nH]c3ccccc23)CC1. The number of aromatic amines is 1. The Kier molecular flexibility index (Phi) is 6.23. The van der Waals surface area contributed by atoms with Gasteiger partial charge in [-0.05, 0) is 56.6 Å². The van der Waals surface area contributed by atoms with Crippen molar-refractivity contribution in [3.63, 3.8) is 0 Å². The first-order chi connectivity index (χ1) is 16.0. The van der Waals surface area contributed by atoms with Crippen LogP contribution < -0.4 is 11.1 Å². The van der Waals surface area contributed by atoms with Crippen LogP contribution in [0, 0.1) is 5.92 Å². The predicted octanol–water partition coefficient (Wildman–Crippen LogP) is 2.81. The van der Waals surface area contributed by atoms with Gasteiger partial charge in [0.25, 0.3) is 0 Å². The maximum Gasteiger partial charge on any atom is 0.239 e. The Morgan fingerprint density at radius 2 is 2.06 bits per heavy atom. The van der Waals surface area contributed by atoms with Gasteiger partial charge in [0.05, 0.1) is 6.04 Å². The zero-order valence-electron chi connectivity index (χ0n) is 19.0. The second kappa shape index (κ2) is 9.29. The molecule has 1 amide bonds. The summed E-state index contributed by atoms with van der Waals surface area (Å²) in [5.74, 6) is 1.72. The highest BCUT2D eigenvalue weighted by molar-refractivity contribution is 5.86. The van der Waals surface area contributed by atoms with Crippen molar-refractivity contribution >= 4 is 16.8 Å². The molecule has 33 heavy (non-hydrogen) atoms. The number of fused-ring (bicyclic) bond motifs is 1. The Hall–Kier alpha value is -2.68. The van der Waals surface area contributed by atoms with E-state index in [0.29, 0.717) is 37.0 Å². The lowest BCUT2D eigenvalue weighted by Crippen LogP contribution is -2.50. The Labute approximate surface area is 193 Å². The number of likely N-dealkylation sites (tertiary alicyclic amines) is 1. The van der Waals surface area contributed by atoms with Crippen molar-refractivity contribution in [2.45, 2.75) is 63.3 Å². The third-order valence-electron chi connectivity index (χ3n) is 7.22. The van der Waals surface area contributed by atoms with Crippen molar-refractivity contribution in [2.24, 2.45) is 11.7 Å². The monoisotopic (exact) mass is 451 g/mol. The molecule has 0 radical (unpaired) electrons. The molecular weight excluding hydrogens is 418 g/mol. The molecule has 0 spiro atoms. The molecule has 1 saturated carbocycles. The average Bonchev–Trinajstić information content (AvgIpc) is 3.42. The quantitative estimate of drug-likeness (QED) is 0.391. The summed E-state index contributed by atoms with van der Waals surface area (Å²) in [6.07, 6.45) is 5.64. The molecule has 8 nitrogen and oxygen atoms in total. The van der Waals surface area contributed by atoms with Gasteiger partial charge in [-0.15, -0.1) is 0 Å². The van der Waals surface area contributed by atoms with Gasteiger partial charge in [-0.1, -0.05) is 23.4 Å². The number of hydrogen-bond acceptors (Lipinski definition) is 6. The Morgan fingerprint density at radius 1 is 1.30 bits per heavy atom. The number of carbonyl (C=O) groups excluding carboxylic acids is 1. The molecule has 1 saturated heterocycles. The van der Waals surface area contributed by atoms with Crippen LogP contribution in [0.3, 0.4) is 0 Å². The van der Waals surface area contributed by atoms with Gasteiger partial charge >= 0.3 is 0 Å². The number of benzene rings is 1. The van der Waals surface area contributed by atoms with E-state index in [0.717, 1.165) is 47.9 Å². The molecule has 176 valence electrons. The Bertz CT molecular complexity index is 1100. The summed E-state index contributed by atoms with van der Waals surface area (Å²) >= 11 is 0. The lowest BCUT2D eigenvalue weighted by atomic mass is 9.89. The van der Waals surface area contributed by atoms with E-state index in [2.05, 4.69) is 28.4 Å². The highest BCUT2D eigenvalue weighted by Crippen LogP contribution is 2.40. The van der Waals surface area contributed by atoms with Gasteiger partial charge in [0.15, 0.2) is 6.23 Å². The van der Waals surface area contributed by atoms with Crippen LogP contribution in [0.15, 0.2) is 41.1 Å². The van der Waals surface area contributed by atoms with E-state index in [-0.39, 0.29) is 11.9 Å². The van der Waals surface area contributed by atoms with Crippen LogP contribution in [0.4, 0.5) is 0 Å². The summed E-state index contributed by atoms with van der Waals surface area (Å²) in [5.41, 5.74) is 8.99. The van der Waals surface area contributed by atoms with Gasteiger partial charge in [0.1, 0.15) is 11.5 Å². The number of nitrogens with one attached hydrogen (secondary N) is 2.